The zero-order valence-corrected chi connectivity index (χ0v) is 10.5. The molecule has 0 aromatic carbocycles. The van der Waals surface area contributed by atoms with Crippen LogP contribution in [-0.2, 0) is 0 Å². The molecule has 0 fully saturated rings. The third-order valence-corrected chi connectivity index (χ3v) is 2.47. The van der Waals surface area contributed by atoms with E-state index in [1.807, 2.05) is 19.9 Å². The minimum Gasteiger partial charge on any atom is -0.369 e. The van der Waals surface area contributed by atoms with Crippen LogP contribution < -0.4 is 5.32 Å². The van der Waals surface area contributed by atoms with Gasteiger partial charge in [0.25, 0.3) is 0 Å². The van der Waals surface area contributed by atoms with Gasteiger partial charge >= 0.3 is 0 Å². The molecule has 0 amide bonds. The molecule has 1 aromatic heterocycles. The summed E-state index contributed by atoms with van der Waals surface area (Å²) >= 11 is 0. The maximum atomic E-state index is 9.07. The fourth-order valence-electron chi connectivity index (χ4n) is 1.59. The molecule has 0 unspecified atom stereocenters. The zero-order valence-electron chi connectivity index (χ0n) is 10.5. The molecule has 1 heterocycles. The SMILES string of the molecule is Cc1cc(C)c(C#N)c(NCCC(C)C)n1. The summed E-state index contributed by atoms with van der Waals surface area (Å²) in [5.74, 6) is 1.38. The third-order valence-electron chi connectivity index (χ3n) is 2.47. The molecule has 0 bridgehead atoms. The molecule has 0 aliphatic rings. The highest BCUT2D eigenvalue weighted by atomic mass is 15.0. The monoisotopic (exact) mass is 217 g/mol. The molecular weight excluding hydrogens is 198 g/mol. The van der Waals surface area contributed by atoms with Crippen LogP contribution in [0.1, 0.15) is 37.1 Å². The van der Waals surface area contributed by atoms with Gasteiger partial charge in [0.15, 0.2) is 0 Å². The van der Waals surface area contributed by atoms with Crippen LogP contribution in [0.5, 0.6) is 0 Å². The molecule has 0 aliphatic carbocycles. The maximum absolute atomic E-state index is 9.07. The molecule has 1 N–H and O–H groups in total. The van der Waals surface area contributed by atoms with Gasteiger partial charge in [-0.15, -0.1) is 0 Å². The number of hydrogen-bond donors (Lipinski definition) is 1. The first-order chi connectivity index (χ1) is 7.54. The topological polar surface area (TPSA) is 48.7 Å². The second kappa shape index (κ2) is 5.50. The Labute approximate surface area is 97.5 Å². The highest BCUT2D eigenvalue weighted by Crippen LogP contribution is 2.17. The number of nitrogens with zero attached hydrogens (tertiary/aromatic N) is 2. The molecular formula is C13H19N3. The van der Waals surface area contributed by atoms with Crippen molar-refractivity contribution in [2.24, 2.45) is 5.92 Å². The lowest BCUT2D eigenvalue weighted by molar-refractivity contribution is 0.606. The van der Waals surface area contributed by atoms with E-state index < -0.39 is 0 Å². The summed E-state index contributed by atoms with van der Waals surface area (Å²) in [6, 6.07) is 4.14. The van der Waals surface area contributed by atoms with Crippen molar-refractivity contribution in [3.63, 3.8) is 0 Å². The van der Waals surface area contributed by atoms with Crippen molar-refractivity contribution in [3.05, 3.63) is 22.9 Å². The van der Waals surface area contributed by atoms with Gasteiger partial charge in [-0.3, -0.25) is 0 Å². The van der Waals surface area contributed by atoms with Crippen LogP contribution in [0.15, 0.2) is 6.07 Å². The van der Waals surface area contributed by atoms with Crippen LogP contribution in [0.3, 0.4) is 0 Å². The normalized spacial score (nSPS) is 10.2. The Balaban J connectivity index is 2.82. The molecule has 16 heavy (non-hydrogen) atoms. The summed E-state index contributed by atoms with van der Waals surface area (Å²) in [5, 5.41) is 12.3. The van der Waals surface area contributed by atoms with Crippen molar-refractivity contribution in [3.8, 4) is 6.07 Å². The number of anilines is 1. The lowest BCUT2D eigenvalue weighted by Gasteiger charge is -2.11. The molecule has 0 saturated carbocycles. The predicted molar refractivity (Wildman–Crippen MR) is 66.4 cm³/mol. The number of aromatic nitrogens is 1. The number of rotatable bonds is 4. The smallest absolute Gasteiger partial charge is 0.144 e. The number of nitriles is 1. The molecule has 0 atom stereocenters. The molecule has 3 heteroatoms. The molecule has 1 rings (SSSR count). The van der Waals surface area contributed by atoms with Crippen molar-refractivity contribution in [1.82, 2.24) is 4.98 Å². The first-order valence-electron chi connectivity index (χ1n) is 5.66. The number of pyridine rings is 1. The van der Waals surface area contributed by atoms with Crippen molar-refractivity contribution in [1.29, 1.82) is 5.26 Å². The minimum atomic E-state index is 0.656. The Morgan fingerprint density at radius 3 is 2.69 bits per heavy atom. The van der Waals surface area contributed by atoms with E-state index in [0.29, 0.717) is 11.5 Å². The molecule has 0 radical (unpaired) electrons. The third kappa shape index (κ3) is 3.23. The summed E-state index contributed by atoms with van der Waals surface area (Å²) < 4.78 is 0. The molecule has 86 valence electrons. The van der Waals surface area contributed by atoms with E-state index in [1.165, 1.54) is 0 Å². The van der Waals surface area contributed by atoms with E-state index in [4.69, 9.17) is 5.26 Å². The fourth-order valence-corrected chi connectivity index (χ4v) is 1.59. The van der Waals surface area contributed by atoms with Gasteiger partial charge in [0.2, 0.25) is 0 Å². The van der Waals surface area contributed by atoms with Crippen molar-refractivity contribution in [2.75, 3.05) is 11.9 Å². The van der Waals surface area contributed by atoms with E-state index >= 15 is 0 Å². The number of hydrogen-bond acceptors (Lipinski definition) is 3. The van der Waals surface area contributed by atoms with Gasteiger partial charge in [0, 0.05) is 12.2 Å². The molecule has 0 spiro atoms. The summed E-state index contributed by atoms with van der Waals surface area (Å²) in [7, 11) is 0. The van der Waals surface area contributed by atoms with Gasteiger partial charge in [-0.1, -0.05) is 13.8 Å². The quantitative estimate of drug-likeness (QED) is 0.843. The predicted octanol–water partition coefficient (Wildman–Crippen LogP) is 3.03. The molecule has 3 nitrogen and oxygen atoms in total. The lowest BCUT2D eigenvalue weighted by Crippen LogP contribution is -2.09. The minimum absolute atomic E-state index is 0.656. The van der Waals surface area contributed by atoms with Crippen molar-refractivity contribution < 1.29 is 0 Å². The number of aryl methyl sites for hydroxylation is 2. The first-order valence-corrected chi connectivity index (χ1v) is 5.66. The van der Waals surface area contributed by atoms with Gasteiger partial charge < -0.3 is 5.32 Å². The van der Waals surface area contributed by atoms with Crippen molar-refractivity contribution in [2.45, 2.75) is 34.1 Å². The van der Waals surface area contributed by atoms with Crippen LogP contribution in [0.25, 0.3) is 0 Å². The van der Waals surface area contributed by atoms with Gasteiger partial charge in [0.1, 0.15) is 11.9 Å². The highest BCUT2D eigenvalue weighted by Gasteiger charge is 2.07. The Morgan fingerprint density at radius 2 is 2.12 bits per heavy atom. The Bertz CT molecular complexity index is 402. The first kappa shape index (κ1) is 12.5. The van der Waals surface area contributed by atoms with E-state index in [-0.39, 0.29) is 0 Å². The van der Waals surface area contributed by atoms with Crippen molar-refractivity contribution >= 4 is 5.82 Å². The fraction of sp³-hybridized carbons (Fsp3) is 0.538. The van der Waals surface area contributed by atoms with Crippen LogP contribution in [0.2, 0.25) is 0 Å². The highest BCUT2D eigenvalue weighted by molar-refractivity contribution is 5.56. The van der Waals surface area contributed by atoms with E-state index in [2.05, 4.69) is 30.2 Å². The van der Waals surface area contributed by atoms with Gasteiger partial charge in [0.05, 0.1) is 5.56 Å². The summed E-state index contributed by atoms with van der Waals surface area (Å²) in [5.41, 5.74) is 2.60. The van der Waals surface area contributed by atoms with Gasteiger partial charge in [-0.05, 0) is 37.8 Å². The van der Waals surface area contributed by atoms with E-state index in [9.17, 15) is 0 Å². The summed E-state index contributed by atoms with van der Waals surface area (Å²) in [4.78, 5) is 4.37. The van der Waals surface area contributed by atoms with E-state index in [1.54, 1.807) is 0 Å². The molecule has 1 aromatic rings. The Morgan fingerprint density at radius 1 is 1.44 bits per heavy atom. The lowest BCUT2D eigenvalue weighted by atomic mass is 10.1. The average molecular weight is 217 g/mol. The van der Waals surface area contributed by atoms with E-state index in [0.717, 1.165) is 30.0 Å². The number of nitrogens with one attached hydrogen (secondary N) is 1. The standard InChI is InChI=1S/C13H19N3/c1-9(2)5-6-15-13-12(8-14)10(3)7-11(4)16-13/h7,9H,5-6H2,1-4H3,(H,15,16). The summed E-state index contributed by atoms with van der Waals surface area (Å²) in [6.45, 7) is 9.12. The molecule has 0 aliphatic heterocycles. The Kier molecular flexibility index (Phi) is 4.30. The maximum Gasteiger partial charge on any atom is 0.144 e. The largest absolute Gasteiger partial charge is 0.369 e. The van der Waals surface area contributed by atoms with Crippen LogP contribution in [0.4, 0.5) is 5.82 Å². The average Bonchev–Trinajstić information content (AvgIpc) is 2.16. The van der Waals surface area contributed by atoms with Gasteiger partial charge in [-0.2, -0.15) is 5.26 Å². The van der Waals surface area contributed by atoms with Crippen LogP contribution in [0, 0.1) is 31.1 Å². The molecule has 0 saturated heterocycles. The zero-order chi connectivity index (χ0) is 12.1. The van der Waals surface area contributed by atoms with Crippen LogP contribution in [-0.4, -0.2) is 11.5 Å². The summed E-state index contributed by atoms with van der Waals surface area (Å²) in [6.07, 6.45) is 1.08. The van der Waals surface area contributed by atoms with Gasteiger partial charge in [-0.25, -0.2) is 4.98 Å². The Hall–Kier alpha value is -1.56. The van der Waals surface area contributed by atoms with Crippen LogP contribution >= 0.6 is 0 Å². The second-order valence-electron chi connectivity index (χ2n) is 4.53. The second-order valence-corrected chi connectivity index (χ2v) is 4.53.